The molecule has 0 bridgehead atoms. The van der Waals surface area contributed by atoms with E-state index in [1.807, 2.05) is 24.3 Å². The number of carbonyl (C=O) groups is 1. The molecular weight excluding hydrogens is 408 g/mol. The Morgan fingerprint density at radius 3 is 2.43 bits per heavy atom. The number of anilines is 1. The van der Waals surface area contributed by atoms with Gasteiger partial charge in [-0.15, -0.1) is 0 Å². The lowest BCUT2D eigenvalue weighted by molar-refractivity contribution is -0.384. The summed E-state index contributed by atoms with van der Waals surface area (Å²) < 4.78 is 5.16. The molecule has 1 saturated heterocycles. The molecule has 1 aliphatic heterocycles. The van der Waals surface area contributed by atoms with Crippen LogP contribution in [0.4, 0.5) is 11.4 Å². The minimum Gasteiger partial charge on any atom is -0.494 e. The van der Waals surface area contributed by atoms with Gasteiger partial charge in [0.05, 0.1) is 23.8 Å². The summed E-state index contributed by atoms with van der Waals surface area (Å²) in [7, 11) is 1.41. The van der Waals surface area contributed by atoms with Gasteiger partial charge in [0.25, 0.3) is 5.69 Å². The zero-order chi connectivity index (χ0) is 21.5. The van der Waals surface area contributed by atoms with Gasteiger partial charge in [-0.3, -0.25) is 19.8 Å². The van der Waals surface area contributed by atoms with Crippen molar-refractivity contribution in [1.82, 2.24) is 9.80 Å². The summed E-state index contributed by atoms with van der Waals surface area (Å²) in [4.78, 5) is 27.4. The first kappa shape index (κ1) is 22.0. The SMILES string of the molecule is COc1cc([N+](=O)[O-])ccc1NC(=O)CCN1CCN(Cc2ccc(Cl)cc2)CC1. The number of nitrogens with zero attached hydrogens (tertiary/aromatic N) is 3. The molecule has 1 N–H and O–H groups in total. The highest BCUT2D eigenvalue weighted by Gasteiger charge is 2.18. The summed E-state index contributed by atoms with van der Waals surface area (Å²) in [6.45, 7) is 5.26. The third-order valence-electron chi connectivity index (χ3n) is 5.11. The summed E-state index contributed by atoms with van der Waals surface area (Å²) in [6.07, 6.45) is 0.345. The molecule has 0 atom stereocenters. The van der Waals surface area contributed by atoms with Crippen molar-refractivity contribution in [3.8, 4) is 5.75 Å². The Balaban J connectivity index is 1.42. The molecule has 2 aromatic rings. The van der Waals surface area contributed by atoms with Gasteiger partial charge in [0.15, 0.2) is 0 Å². The van der Waals surface area contributed by atoms with E-state index >= 15 is 0 Å². The average Bonchev–Trinajstić information content (AvgIpc) is 2.75. The molecule has 1 amide bonds. The van der Waals surface area contributed by atoms with E-state index in [9.17, 15) is 14.9 Å². The number of benzene rings is 2. The molecule has 0 spiro atoms. The second kappa shape index (κ2) is 10.4. The van der Waals surface area contributed by atoms with Crippen molar-refractivity contribution in [2.45, 2.75) is 13.0 Å². The Labute approximate surface area is 180 Å². The zero-order valence-corrected chi connectivity index (χ0v) is 17.6. The third kappa shape index (κ3) is 6.16. The quantitative estimate of drug-likeness (QED) is 0.508. The number of carbonyl (C=O) groups excluding carboxylic acids is 1. The molecule has 2 aromatic carbocycles. The highest BCUT2D eigenvalue weighted by molar-refractivity contribution is 6.30. The van der Waals surface area contributed by atoms with Crippen molar-refractivity contribution in [2.24, 2.45) is 0 Å². The summed E-state index contributed by atoms with van der Waals surface area (Å²) >= 11 is 5.93. The fraction of sp³-hybridized carbons (Fsp3) is 0.381. The topological polar surface area (TPSA) is 87.9 Å². The van der Waals surface area contributed by atoms with Crippen LogP contribution in [0.25, 0.3) is 0 Å². The van der Waals surface area contributed by atoms with E-state index in [1.54, 1.807) is 0 Å². The number of nitro groups is 1. The van der Waals surface area contributed by atoms with Crippen LogP contribution < -0.4 is 10.1 Å². The number of hydrogen-bond acceptors (Lipinski definition) is 6. The lowest BCUT2D eigenvalue weighted by atomic mass is 10.2. The van der Waals surface area contributed by atoms with Crippen LogP contribution in [0.15, 0.2) is 42.5 Å². The first-order valence-electron chi connectivity index (χ1n) is 9.76. The third-order valence-corrected chi connectivity index (χ3v) is 5.36. The first-order valence-corrected chi connectivity index (χ1v) is 10.1. The monoisotopic (exact) mass is 432 g/mol. The van der Waals surface area contributed by atoms with Gasteiger partial charge in [-0.05, 0) is 23.8 Å². The molecule has 1 fully saturated rings. The highest BCUT2D eigenvalue weighted by Crippen LogP contribution is 2.29. The minimum absolute atomic E-state index is 0.0821. The van der Waals surface area contributed by atoms with E-state index in [2.05, 4.69) is 15.1 Å². The normalized spacial score (nSPS) is 15.0. The number of nitrogens with one attached hydrogen (secondary N) is 1. The van der Waals surface area contributed by atoms with Gasteiger partial charge in [0.2, 0.25) is 5.91 Å². The number of piperazine rings is 1. The Morgan fingerprint density at radius 1 is 1.13 bits per heavy atom. The van der Waals surface area contributed by atoms with Gasteiger partial charge in [-0.25, -0.2) is 0 Å². The summed E-state index contributed by atoms with van der Waals surface area (Å²) in [5.41, 5.74) is 1.59. The van der Waals surface area contributed by atoms with Crippen LogP contribution in [0, 0.1) is 10.1 Å². The lowest BCUT2D eigenvalue weighted by Gasteiger charge is -2.34. The molecule has 0 aromatic heterocycles. The molecule has 9 heteroatoms. The number of non-ortho nitro benzene ring substituents is 1. The van der Waals surface area contributed by atoms with Crippen LogP contribution >= 0.6 is 11.6 Å². The average molecular weight is 433 g/mol. The molecule has 8 nitrogen and oxygen atoms in total. The van der Waals surface area contributed by atoms with E-state index < -0.39 is 4.92 Å². The fourth-order valence-electron chi connectivity index (χ4n) is 3.39. The molecular formula is C21H25ClN4O4. The van der Waals surface area contributed by atoms with Crippen LogP contribution in [0.1, 0.15) is 12.0 Å². The van der Waals surface area contributed by atoms with Crippen LogP contribution in [0.3, 0.4) is 0 Å². The Bertz CT molecular complexity index is 883. The number of rotatable bonds is 8. The number of methoxy groups -OCH3 is 1. The number of hydrogen-bond donors (Lipinski definition) is 1. The predicted octanol–water partition coefficient (Wildman–Crippen LogP) is 3.40. The molecule has 0 aliphatic carbocycles. The van der Waals surface area contributed by atoms with Gasteiger partial charge < -0.3 is 15.0 Å². The predicted molar refractivity (Wildman–Crippen MR) is 116 cm³/mol. The molecule has 160 valence electrons. The van der Waals surface area contributed by atoms with E-state index in [-0.39, 0.29) is 17.3 Å². The second-order valence-electron chi connectivity index (χ2n) is 7.18. The molecule has 0 unspecified atom stereocenters. The number of ether oxygens (including phenoxy) is 1. The van der Waals surface area contributed by atoms with E-state index in [1.165, 1.54) is 30.9 Å². The Morgan fingerprint density at radius 2 is 1.80 bits per heavy atom. The van der Waals surface area contributed by atoms with Gasteiger partial charge in [-0.2, -0.15) is 0 Å². The molecule has 0 saturated carbocycles. The fourth-order valence-corrected chi connectivity index (χ4v) is 3.51. The van der Waals surface area contributed by atoms with Crippen molar-refractivity contribution >= 4 is 28.9 Å². The molecule has 0 radical (unpaired) electrons. The van der Waals surface area contributed by atoms with Crippen molar-refractivity contribution in [3.63, 3.8) is 0 Å². The molecule has 1 aliphatic rings. The van der Waals surface area contributed by atoms with Crippen molar-refractivity contribution in [3.05, 3.63) is 63.2 Å². The van der Waals surface area contributed by atoms with Crippen LogP contribution in [-0.4, -0.2) is 60.5 Å². The maximum Gasteiger partial charge on any atom is 0.273 e. The van der Waals surface area contributed by atoms with Crippen LogP contribution in [0.5, 0.6) is 5.75 Å². The summed E-state index contributed by atoms with van der Waals surface area (Å²) in [6, 6.07) is 12.0. The maximum absolute atomic E-state index is 12.3. The van der Waals surface area contributed by atoms with Crippen molar-refractivity contribution in [2.75, 3.05) is 45.2 Å². The largest absolute Gasteiger partial charge is 0.494 e. The van der Waals surface area contributed by atoms with Gasteiger partial charge in [0, 0.05) is 56.8 Å². The van der Waals surface area contributed by atoms with E-state index in [0.29, 0.717) is 18.7 Å². The first-order chi connectivity index (χ1) is 14.4. The molecule has 3 rings (SSSR count). The summed E-state index contributed by atoms with van der Waals surface area (Å²) in [5, 5.41) is 14.4. The highest BCUT2D eigenvalue weighted by atomic mass is 35.5. The Kier molecular flexibility index (Phi) is 7.62. The second-order valence-corrected chi connectivity index (χ2v) is 7.62. The summed E-state index contributed by atoms with van der Waals surface area (Å²) in [5.74, 6) is 0.124. The zero-order valence-electron chi connectivity index (χ0n) is 16.8. The number of amides is 1. The van der Waals surface area contributed by atoms with E-state index in [4.69, 9.17) is 16.3 Å². The number of halogens is 1. The maximum atomic E-state index is 12.3. The number of nitro benzene ring substituents is 1. The van der Waals surface area contributed by atoms with Gasteiger partial charge in [0.1, 0.15) is 5.75 Å². The molecule has 1 heterocycles. The van der Waals surface area contributed by atoms with E-state index in [0.717, 1.165) is 37.7 Å². The van der Waals surface area contributed by atoms with Gasteiger partial charge in [-0.1, -0.05) is 23.7 Å². The van der Waals surface area contributed by atoms with Crippen molar-refractivity contribution < 1.29 is 14.5 Å². The molecule has 30 heavy (non-hydrogen) atoms. The van der Waals surface area contributed by atoms with Crippen molar-refractivity contribution in [1.29, 1.82) is 0 Å². The minimum atomic E-state index is -0.499. The van der Waals surface area contributed by atoms with Crippen LogP contribution in [-0.2, 0) is 11.3 Å². The van der Waals surface area contributed by atoms with Crippen LogP contribution in [0.2, 0.25) is 5.02 Å². The lowest BCUT2D eigenvalue weighted by Crippen LogP contribution is -2.46. The smallest absolute Gasteiger partial charge is 0.273 e. The standard InChI is InChI=1S/C21H25ClN4O4/c1-30-20-14-18(26(28)29)6-7-19(20)23-21(27)8-9-24-10-12-25(13-11-24)15-16-2-4-17(22)5-3-16/h2-7,14H,8-13,15H2,1H3,(H,23,27). The Hall–Kier alpha value is -2.68. The van der Waals surface area contributed by atoms with Gasteiger partial charge >= 0.3 is 0 Å².